The Morgan fingerprint density at radius 1 is 1.53 bits per heavy atom. The van der Waals surface area contributed by atoms with E-state index in [1.165, 1.54) is 12.8 Å². The number of aromatic nitrogens is 1. The van der Waals surface area contributed by atoms with Crippen LogP contribution in [0.1, 0.15) is 45.2 Å². The van der Waals surface area contributed by atoms with E-state index in [9.17, 15) is 5.26 Å². The minimum Gasteiger partial charge on any atom is -0.396 e. The van der Waals surface area contributed by atoms with Crippen molar-refractivity contribution in [1.82, 2.24) is 4.57 Å². The largest absolute Gasteiger partial charge is 0.396 e. The Morgan fingerprint density at radius 3 is 2.95 bits per heavy atom. The van der Waals surface area contributed by atoms with E-state index < -0.39 is 0 Å². The van der Waals surface area contributed by atoms with Crippen LogP contribution in [-0.4, -0.2) is 17.7 Å². The molecule has 0 bridgehead atoms. The first-order valence-corrected chi connectivity index (χ1v) is 7.31. The molecule has 1 atom stereocenters. The molecule has 4 heteroatoms. The molecule has 1 fully saturated rings. The zero-order chi connectivity index (χ0) is 13.8. The number of nitrogen functional groups attached to an aromatic ring is 1. The first kappa shape index (κ1) is 13.8. The smallest absolute Gasteiger partial charge is 0.133 e. The van der Waals surface area contributed by atoms with Gasteiger partial charge in [-0.25, -0.2) is 0 Å². The van der Waals surface area contributed by atoms with Crippen molar-refractivity contribution in [2.45, 2.75) is 46.1 Å². The van der Waals surface area contributed by atoms with E-state index in [0.717, 1.165) is 44.0 Å². The van der Waals surface area contributed by atoms with Gasteiger partial charge in [0.15, 0.2) is 0 Å². The molecular formula is C15H24N4. The lowest BCUT2D eigenvalue weighted by Crippen LogP contribution is -2.36. The Kier molecular flexibility index (Phi) is 4.36. The van der Waals surface area contributed by atoms with Crippen LogP contribution in [0.15, 0.2) is 6.07 Å². The molecule has 2 rings (SSSR count). The summed E-state index contributed by atoms with van der Waals surface area (Å²) in [6, 6.07) is 4.10. The molecule has 2 N–H and O–H groups in total. The molecule has 1 aromatic rings. The van der Waals surface area contributed by atoms with E-state index in [1.807, 2.05) is 6.07 Å². The maximum atomic E-state index is 9.26. The minimum absolute atomic E-state index is 0.694. The first-order chi connectivity index (χ1) is 9.17. The molecule has 0 radical (unpaired) electrons. The highest BCUT2D eigenvalue weighted by molar-refractivity contribution is 5.68. The van der Waals surface area contributed by atoms with Gasteiger partial charge >= 0.3 is 0 Å². The van der Waals surface area contributed by atoms with Crippen LogP contribution in [0.4, 0.5) is 11.5 Å². The second-order valence-corrected chi connectivity index (χ2v) is 5.62. The third kappa shape index (κ3) is 2.86. The summed E-state index contributed by atoms with van der Waals surface area (Å²) in [5.74, 6) is 1.77. The number of piperidine rings is 1. The number of nitrogens with zero attached hydrogens (tertiary/aromatic N) is 3. The van der Waals surface area contributed by atoms with Gasteiger partial charge in [0.1, 0.15) is 17.6 Å². The minimum atomic E-state index is 0.694. The Balaban J connectivity index is 2.32. The van der Waals surface area contributed by atoms with E-state index in [4.69, 9.17) is 5.73 Å². The number of hydrogen-bond acceptors (Lipinski definition) is 3. The topological polar surface area (TPSA) is 58.0 Å². The van der Waals surface area contributed by atoms with Crippen molar-refractivity contribution >= 4 is 11.5 Å². The molecular weight excluding hydrogens is 236 g/mol. The van der Waals surface area contributed by atoms with Crippen molar-refractivity contribution in [2.24, 2.45) is 5.92 Å². The number of anilines is 2. The van der Waals surface area contributed by atoms with E-state index in [1.54, 1.807) is 0 Å². The zero-order valence-corrected chi connectivity index (χ0v) is 12.0. The summed E-state index contributed by atoms with van der Waals surface area (Å²) < 4.78 is 2.11. The number of rotatable bonds is 4. The van der Waals surface area contributed by atoms with Gasteiger partial charge in [0.2, 0.25) is 0 Å². The number of nitrogens with two attached hydrogens (primary N) is 1. The van der Waals surface area contributed by atoms with Gasteiger partial charge < -0.3 is 15.2 Å². The van der Waals surface area contributed by atoms with Crippen molar-refractivity contribution in [3.05, 3.63) is 11.8 Å². The standard InChI is InChI=1S/C15H24N4/c1-3-4-8-19-13(10-16)9-14(17)15(19)18-7-5-6-12(2)11-18/h9,12H,3-8,11,17H2,1-2H3/t12-/m1/s1. The molecule has 0 amide bonds. The lowest BCUT2D eigenvalue weighted by atomic mass is 10.0. The first-order valence-electron chi connectivity index (χ1n) is 7.31. The van der Waals surface area contributed by atoms with Crippen molar-refractivity contribution < 1.29 is 0 Å². The molecule has 2 heterocycles. The van der Waals surface area contributed by atoms with Crippen LogP contribution in [0, 0.1) is 17.2 Å². The molecule has 0 saturated carbocycles. The number of hydrogen-bond donors (Lipinski definition) is 1. The molecule has 0 aliphatic carbocycles. The molecule has 4 nitrogen and oxygen atoms in total. The molecule has 0 spiro atoms. The summed E-state index contributed by atoms with van der Waals surface area (Å²) in [7, 11) is 0. The quantitative estimate of drug-likeness (QED) is 0.905. The van der Waals surface area contributed by atoms with Gasteiger partial charge in [-0.2, -0.15) is 5.26 Å². The summed E-state index contributed by atoms with van der Waals surface area (Å²) in [5, 5.41) is 9.26. The van der Waals surface area contributed by atoms with Gasteiger partial charge in [-0.05, 0) is 31.2 Å². The fourth-order valence-corrected chi connectivity index (χ4v) is 2.93. The van der Waals surface area contributed by atoms with E-state index >= 15 is 0 Å². The molecule has 1 aliphatic heterocycles. The molecule has 1 aliphatic rings. The predicted octanol–water partition coefficient (Wildman–Crippen LogP) is 2.98. The second-order valence-electron chi connectivity index (χ2n) is 5.62. The Labute approximate surface area is 115 Å². The van der Waals surface area contributed by atoms with Crippen LogP contribution in [0.5, 0.6) is 0 Å². The summed E-state index contributed by atoms with van der Waals surface area (Å²) >= 11 is 0. The molecule has 1 saturated heterocycles. The Bertz CT molecular complexity index is 469. The SMILES string of the molecule is CCCCn1c(C#N)cc(N)c1N1CCC[C@@H](C)C1. The van der Waals surface area contributed by atoms with Crippen molar-refractivity contribution in [1.29, 1.82) is 5.26 Å². The number of nitriles is 1. The van der Waals surface area contributed by atoms with Gasteiger partial charge in [-0.1, -0.05) is 20.3 Å². The van der Waals surface area contributed by atoms with Gasteiger partial charge in [0.05, 0.1) is 5.69 Å². The maximum Gasteiger partial charge on any atom is 0.133 e. The molecule has 0 aromatic carbocycles. The van der Waals surface area contributed by atoms with Crippen molar-refractivity contribution in [3.8, 4) is 6.07 Å². The van der Waals surface area contributed by atoms with Gasteiger partial charge in [0, 0.05) is 19.6 Å². The lowest BCUT2D eigenvalue weighted by Gasteiger charge is -2.33. The van der Waals surface area contributed by atoms with Crippen LogP contribution in [0.2, 0.25) is 0 Å². The van der Waals surface area contributed by atoms with Crippen molar-refractivity contribution in [2.75, 3.05) is 23.7 Å². The fourth-order valence-electron chi connectivity index (χ4n) is 2.93. The van der Waals surface area contributed by atoms with Crippen molar-refractivity contribution in [3.63, 3.8) is 0 Å². The van der Waals surface area contributed by atoms with E-state index in [0.29, 0.717) is 11.6 Å². The van der Waals surface area contributed by atoms with E-state index in [-0.39, 0.29) is 0 Å². The Hall–Kier alpha value is -1.63. The summed E-state index contributed by atoms with van der Waals surface area (Å²) in [6.45, 7) is 7.44. The lowest BCUT2D eigenvalue weighted by molar-refractivity contribution is 0.439. The monoisotopic (exact) mass is 260 g/mol. The van der Waals surface area contributed by atoms with Gasteiger partial charge in [0.25, 0.3) is 0 Å². The van der Waals surface area contributed by atoms with Gasteiger partial charge in [-0.15, -0.1) is 0 Å². The predicted molar refractivity (Wildman–Crippen MR) is 79.1 cm³/mol. The molecule has 104 valence electrons. The third-order valence-corrected chi connectivity index (χ3v) is 3.90. The van der Waals surface area contributed by atoms with Crippen LogP contribution in [-0.2, 0) is 6.54 Å². The molecule has 1 aromatic heterocycles. The third-order valence-electron chi connectivity index (χ3n) is 3.90. The van der Waals surface area contributed by atoms with Crippen LogP contribution in [0.3, 0.4) is 0 Å². The Morgan fingerprint density at radius 2 is 2.32 bits per heavy atom. The van der Waals surface area contributed by atoms with E-state index in [2.05, 4.69) is 29.4 Å². The second kappa shape index (κ2) is 6.01. The zero-order valence-electron chi connectivity index (χ0n) is 12.0. The maximum absolute atomic E-state index is 9.26. The molecule has 19 heavy (non-hydrogen) atoms. The normalized spacial score (nSPS) is 19.4. The summed E-state index contributed by atoms with van der Waals surface area (Å²) in [5.41, 5.74) is 7.60. The highest BCUT2D eigenvalue weighted by Gasteiger charge is 2.23. The average Bonchev–Trinajstić information content (AvgIpc) is 2.72. The summed E-state index contributed by atoms with van der Waals surface area (Å²) in [4.78, 5) is 2.36. The highest BCUT2D eigenvalue weighted by atomic mass is 15.3. The highest BCUT2D eigenvalue weighted by Crippen LogP contribution is 2.31. The molecule has 0 unspecified atom stereocenters. The average molecular weight is 260 g/mol. The van der Waals surface area contributed by atoms with Crippen LogP contribution in [0.25, 0.3) is 0 Å². The van der Waals surface area contributed by atoms with Crippen LogP contribution < -0.4 is 10.6 Å². The fraction of sp³-hybridized carbons (Fsp3) is 0.667. The summed E-state index contributed by atoms with van der Waals surface area (Å²) in [6.07, 6.45) is 4.70. The van der Waals surface area contributed by atoms with Crippen LogP contribution >= 0.6 is 0 Å². The van der Waals surface area contributed by atoms with Gasteiger partial charge in [-0.3, -0.25) is 0 Å². The number of unbranched alkanes of at least 4 members (excludes halogenated alkanes) is 1.